The first-order valence-corrected chi connectivity index (χ1v) is 5.04. The first-order valence-electron chi connectivity index (χ1n) is 5.04. The first kappa shape index (κ1) is 10.6. The number of hydrogen-bond donors (Lipinski definition) is 0. The van der Waals surface area contributed by atoms with E-state index in [0.717, 1.165) is 5.56 Å². The van der Waals surface area contributed by atoms with Gasteiger partial charge in [-0.15, -0.1) is 0 Å². The smallest absolute Gasteiger partial charge is 0.216 e. The number of rotatable bonds is 3. The van der Waals surface area contributed by atoms with E-state index in [-0.39, 0.29) is 0 Å². The lowest BCUT2D eigenvalue weighted by atomic mass is 10.1. The molecule has 82 valence electrons. The maximum atomic E-state index is 12.8. The van der Waals surface area contributed by atoms with E-state index in [4.69, 9.17) is 4.74 Å². The molecule has 0 bridgehead atoms. The summed E-state index contributed by atoms with van der Waals surface area (Å²) < 4.78 is 18.2. The lowest BCUT2D eigenvalue weighted by Gasteiger charge is -2.06. The fourth-order valence-corrected chi connectivity index (χ4v) is 1.44. The molecule has 2 aromatic rings. The largest absolute Gasteiger partial charge is 0.489 e. The molecule has 0 aliphatic heterocycles. The topological polar surface area (TPSA) is 22.1 Å². The molecule has 3 heteroatoms. The maximum absolute atomic E-state index is 12.8. The highest BCUT2D eigenvalue weighted by molar-refractivity contribution is 5.23. The highest BCUT2D eigenvalue weighted by atomic mass is 19.1. The number of pyridine rings is 1. The summed E-state index contributed by atoms with van der Waals surface area (Å²) in [7, 11) is 0. The Morgan fingerprint density at radius 3 is 2.88 bits per heavy atom. The van der Waals surface area contributed by atoms with Crippen molar-refractivity contribution < 1.29 is 9.13 Å². The standard InChI is InChI=1S/C13H12FNO/c1-10-3-2-4-11(7-10)9-16-12-5-6-15-13(14)8-12/h2-8H,9H2,1H3. The van der Waals surface area contributed by atoms with Gasteiger partial charge < -0.3 is 4.74 Å². The molecule has 2 rings (SSSR count). The summed E-state index contributed by atoms with van der Waals surface area (Å²) >= 11 is 0. The normalized spacial score (nSPS) is 10.1. The van der Waals surface area contributed by atoms with Gasteiger partial charge in [0.1, 0.15) is 12.4 Å². The zero-order valence-corrected chi connectivity index (χ0v) is 8.98. The SMILES string of the molecule is Cc1cccc(COc2ccnc(F)c2)c1. The molecule has 0 aliphatic carbocycles. The Balaban J connectivity index is 2.02. The van der Waals surface area contributed by atoms with Crippen LogP contribution in [0, 0.1) is 12.9 Å². The fourth-order valence-electron chi connectivity index (χ4n) is 1.44. The Bertz CT molecular complexity index is 439. The average molecular weight is 217 g/mol. The molecule has 0 saturated carbocycles. The van der Waals surface area contributed by atoms with E-state index in [1.807, 2.05) is 31.2 Å². The molecule has 0 radical (unpaired) electrons. The van der Waals surface area contributed by atoms with Crippen LogP contribution in [0.25, 0.3) is 0 Å². The summed E-state index contributed by atoms with van der Waals surface area (Å²) in [5, 5.41) is 0. The van der Waals surface area contributed by atoms with Gasteiger partial charge in [-0.2, -0.15) is 4.39 Å². The predicted molar refractivity (Wildman–Crippen MR) is 59.7 cm³/mol. The molecule has 0 N–H and O–H groups in total. The van der Waals surface area contributed by atoms with Crippen LogP contribution in [0.3, 0.4) is 0 Å². The van der Waals surface area contributed by atoms with Gasteiger partial charge in [-0.05, 0) is 18.6 Å². The molecule has 0 fully saturated rings. The molecule has 0 atom stereocenters. The van der Waals surface area contributed by atoms with E-state index in [9.17, 15) is 4.39 Å². The van der Waals surface area contributed by atoms with Crippen LogP contribution in [0.5, 0.6) is 5.75 Å². The lowest BCUT2D eigenvalue weighted by molar-refractivity contribution is 0.303. The summed E-state index contributed by atoms with van der Waals surface area (Å²) in [6, 6.07) is 10.9. The van der Waals surface area contributed by atoms with Crippen molar-refractivity contribution in [3.63, 3.8) is 0 Å². The van der Waals surface area contributed by atoms with E-state index in [0.29, 0.717) is 12.4 Å². The van der Waals surface area contributed by atoms with Gasteiger partial charge in [-0.3, -0.25) is 0 Å². The molecule has 1 aromatic heterocycles. The van der Waals surface area contributed by atoms with Gasteiger partial charge in [0.25, 0.3) is 0 Å². The minimum Gasteiger partial charge on any atom is -0.489 e. The Labute approximate surface area is 93.7 Å². The van der Waals surface area contributed by atoms with E-state index >= 15 is 0 Å². The monoisotopic (exact) mass is 217 g/mol. The number of nitrogens with zero attached hydrogens (tertiary/aromatic N) is 1. The highest BCUT2D eigenvalue weighted by Gasteiger charge is 1.98. The van der Waals surface area contributed by atoms with Crippen molar-refractivity contribution in [3.8, 4) is 5.75 Å². The number of hydrogen-bond acceptors (Lipinski definition) is 2. The minimum atomic E-state index is -0.526. The van der Waals surface area contributed by atoms with Gasteiger partial charge in [0, 0.05) is 12.3 Å². The Morgan fingerprint density at radius 2 is 2.12 bits per heavy atom. The molecule has 16 heavy (non-hydrogen) atoms. The van der Waals surface area contributed by atoms with E-state index < -0.39 is 5.95 Å². The number of ether oxygens (including phenoxy) is 1. The zero-order valence-electron chi connectivity index (χ0n) is 8.98. The van der Waals surface area contributed by atoms with Gasteiger partial charge in [-0.25, -0.2) is 4.98 Å². The molecule has 1 heterocycles. The third kappa shape index (κ3) is 2.79. The maximum Gasteiger partial charge on any atom is 0.216 e. The molecule has 0 spiro atoms. The van der Waals surface area contributed by atoms with E-state index in [1.165, 1.54) is 17.8 Å². The summed E-state index contributed by atoms with van der Waals surface area (Å²) in [5.74, 6) is -0.0317. The van der Waals surface area contributed by atoms with Crippen molar-refractivity contribution in [2.45, 2.75) is 13.5 Å². The van der Waals surface area contributed by atoms with Gasteiger partial charge in [0.05, 0.1) is 0 Å². The second kappa shape index (κ2) is 4.75. The Hall–Kier alpha value is -1.90. The summed E-state index contributed by atoms with van der Waals surface area (Å²) in [4.78, 5) is 3.46. The quantitative estimate of drug-likeness (QED) is 0.737. The van der Waals surface area contributed by atoms with Crippen LogP contribution in [0.2, 0.25) is 0 Å². The fraction of sp³-hybridized carbons (Fsp3) is 0.154. The van der Waals surface area contributed by atoms with Crippen LogP contribution in [0.4, 0.5) is 4.39 Å². The molecular weight excluding hydrogens is 205 g/mol. The molecule has 0 saturated heterocycles. The molecule has 1 aromatic carbocycles. The van der Waals surface area contributed by atoms with Crippen molar-refractivity contribution in [1.29, 1.82) is 0 Å². The Kier molecular flexibility index (Phi) is 3.15. The number of halogens is 1. The zero-order chi connectivity index (χ0) is 11.4. The van der Waals surface area contributed by atoms with Crippen LogP contribution in [-0.2, 0) is 6.61 Å². The molecular formula is C13H12FNO. The second-order valence-electron chi connectivity index (χ2n) is 3.59. The number of aromatic nitrogens is 1. The third-order valence-corrected chi connectivity index (χ3v) is 2.19. The minimum absolute atomic E-state index is 0.436. The third-order valence-electron chi connectivity index (χ3n) is 2.19. The number of benzene rings is 1. The van der Waals surface area contributed by atoms with Crippen molar-refractivity contribution in [1.82, 2.24) is 4.98 Å². The molecule has 0 unspecified atom stereocenters. The van der Waals surface area contributed by atoms with E-state index in [1.54, 1.807) is 6.07 Å². The van der Waals surface area contributed by atoms with Crippen LogP contribution in [0.15, 0.2) is 42.6 Å². The predicted octanol–water partition coefficient (Wildman–Crippen LogP) is 3.11. The van der Waals surface area contributed by atoms with Crippen LogP contribution in [-0.4, -0.2) is 4.98 Å². The molecule has 0 aliphatic rings. The van der Waals surface area contributed by atoms with Crippen LogP contribution < -0.4 is 4.74 Å². The van der Waals surface area contributed by atoms with Crippen molar-refractivity contribution in [2.75, 3.05) is 0 Å². The average Bonchev–Trinajstić information content (AvgIpc) is 2.27. The van der Waals surface area contributed by atoms with E-state index in [2.05, 4.69) is 4.98 Å². The molecule has 0 amide bonds. The summed E-state index contributed by atoms with van der Waals surface area (Å²) in [6.45, 7) is 2.46. The van der Waals surface area contributed by atoms with Gasteiger partial charge in [-0.1, -0.05) is 29.8 Å². The summed E-state index contributed by atoms with van der Waals surface area (Å²) in [6.07, 6.45) is 1.39. The van der Waals surface area contributed by atoms with Gasteiger partial charge >= 0.3 is 0 Å². The molecule has 2 nitrogen and oxygen atoms in total. The summed E-state index contributed by atoms with van der Waals surface area (Å²) in [5.41, 5.74) is 2.25. The highest BCUT2D eigenvalue weighted by Crippen LogP contribution is 2.13. The lowest BCUT2D eigenvalue weighted by Crippen LogP contribution is -1.96. The first-order chi connectivity index (χ1) is 7.74. The van der Waals surface area contributed by atoms with Crippen LogP contribution >= 0.6 is 0 Å². The Morgan fingerprint density at radius 1 is 1.25 bits per heavy atom. The van der Waals surface area contributed by atoms with Crippen molar-refractivity contribution in [3.05, 3.63) is 59.7 Å². The second-order valence-corrected chi connectivity index (χ2v) is 3.59. The van der Waals surface area contributed by atoms with Crippen molar-refractivity contribution >= 4 is 0 Å². The van der Waals surface area contributed by atoms with Crippen molar-refractivity contribution in [2.24, 2.45) is 0 Å². The van der Waals surface area contributed by atoms with Gasteiger partial charge in [0.15, 0.2) is 0 Å². The number of aryl methyl sites for hydroxylation is 1. The van der Waals surface area contributed by atoms with Crippen LogP contribution in [0.1, 0.15) is 11.1 Å². The van der Waals surface area contributed by atoms with Gasteiger partial charge in [0.2, 0.25) is 5.95 Å².